The normalized spacial score (nSPS) is 22.9. The molecule has 4 nitrogen and oxygen atoms in total. The quantitative estimate of drug-likeness (QED) is 0.806. The first-order valence-corrected chi connectivity index (χ1v) is 5.34. The van der Waals surface area contributed by atoms with Crippen molar-refractivity contribution in [3.63, 3.8) is 0 Å². The molecule has 6 heteroatoms. The summed E-state index contributed by atoms with van der Waals surface area (Å²) in [4.78, 5) is 12.9. The molecule has 1 aliphatic heterocycles. The molecule has 0 aliphatic carbocycles. The zero-order valence-electron chi connectivity index (χ0n) is 9.31. The second-order valence-electron chi connectivity index (χ2n) is 4.10. The predicted octanol–water partition coefficient (Wildman–Crippen LogP) is 0.852. The van der Waals surface area contributed by atoms with Gasteiger partial charge >= 0.3 is 0 Å². The van der Waals surface area contributed by atoms with Crippen LogP contribution in [0.1, 0.15) is 15.9 Å². The maximum atomic E-state index is 13.6. The van der Waals surface area contributed by atoms with Crippen LogP contribution in [0.4, 0.5) is 8.78 Å². The van der Waals surface area contributed by atoms with Gasteiger partial charge in [-0.2, -0.15) is 5.26 Å². The molecule has 1 aliphatic rings. The van der Waals surface area contributed by atoms with Gasteiger partial charge in [0, 0.05) is 6.54 Å². The number of hydrogen-bond acceptors (Lipinski definition) is 3. The predicted molar refractivity (Wildman–Crippen MR) is 57.9 cm³/mol. The van der Waals surface area contributed by atoms with E-state index in [1.165, 1.54) is 12.1 Å². The molecule has 0 radical (unpaired) electrons. The molecule has 0 aromatic heterocycles. The summed E-state index contributed by atoms with van der Waals surface area (Å²) in [5.41, 5.74) is -0.121. The van der Waals surface area contributed by atoms with Crippen LogP contribution in [0.25, 0.3) is 0 Å². The van der Waals surface area contributed by atoms with Crippen molar-refractivity contribution in [3.8, 4) is 6.07 Å². The Balaban J connectivity index is 2.22. The molecule has 2 rings (SSSR count). The van der Waals surface area contributed by atoms with Crippen LogP contribution in [0.15, 0.2) is 18.2 Å². The van der Waals surface area contributed by atoms with Gasteiger partial charge in [0.1, 0.15) is 18.1 Å². The number of aliphatic hydroxyl groups excluding tert-OH is 1. The minimum Gasteiger partial charge on any atom is -0.388 e. The fraction of sp³-hybridized carbons (Fsp3) is 0.333. The minimum atomic E-state index is -1.50. The Labute approximate surface area is 102 Å². The number of carbonyl (C=O) groups excluding carboxylic acids is 1. The topological polar surface area (TPSA) is 64.3 Å². The highest BCUT2D eigenvalue weighted by Gasteiger charge is 2.35. The lowest BCUT2D eigenvalue weighted by Gasteiger charge is -2.15. The molecule has 1 aromatic carbocycles. The van der Waals surface area contributed by atoms with Crippen molar-refractivity contribution in [2.75, 3.05) is 13.1 Å². The maximum Gasteiger partial charge on any atom is 0.257 e. The smallest absolute Gasteiger partial charge is 0.257 e. The van der Waals surface area contributed by atoms with E-state index in [-0.39, 0.29) is 24.2 Å². The molecule has 0 saturated carbocycles. The van der Waals surface area contributed by atoms with E-state index >= 15 is 0 Å². The van der Waals surface area contributed by atoms with E-state index in [0.29, 0.717) is 0 Å². The third-order valence-electron chi connectivity index (χ3n) is 2.84. The van der Waals surface area contributed by atoms with Crippen molar-refractivity contribution >= 4 is 5.91 Å². The number of nitriles is 1. The lowest BCUT2D eigenvalue weighted by Crippen LogP contribution is -2.30. The fourth-order valence-corrected chi connectivity index (χ4v) is 1.84. The van der Waals surface area contributed by atoms with E-state index in [0.717, 1.165) is 11.0 Å². The third-order valence-corrected chi connectivity index (χ3v) is 2.84. The number of likely N-dealkylation sites (tertiary alicyclic amines) is 1. The SMILES string of the molecule is N#Cc1ccc(C(=O)N2C[C@@H](O)[C@H](F)C2)c(F)c1. The molecule has 0 spiro atoms. The average molecular weight is 252 g/mol. The molecule has 1 fully saturated rings. The van der Waals surface area contributed by atoms with Gasteiger partial charge in [0.15, 0.2) is 0 Å². The number of amides is 1. The largest absolute Gasteiger partial charge is 0.388 e. The Hall–Kier alpha value is -2.00. The molecular formula is C12H10F2N2O2. The number of carbonyl (C=O) groups is 1. The summed E-state index contributed by atoms with van der Waals surface area (Å²) in [6.45, 7) is -0.404. The molecule has 1 N–H and O–H groups in total. The zero-order valence-corrected chi connectivity index (χ0v) is 9.31. The number of halogens is 2. The van der Waals surface area contributed by atoms with E-state index in [9.17, 15) is 18.7 Å². The molecule has 18 heavy (non-hydrogen) atoms. The first kappa shape index (κ1) is 12.5. The molecule has 1 amide bonds. The van der Waals surface area contributed by atoms with Gasteiger partial charge in [0.25, 0.3) is 5.91 Å². The summed E-state index contributed by atoms with van der Waals surface area (Å²) < 4.78 is 26.7. The maximum absolute atomic E-state index is 13.6. The van der Waals surface area contributed by atoms with E-state index < -0.39 is 24.0 Å². The van der Waals surface area contributed by atoms with E-state index in [1.807, 2.05) is 0 Å². The fourth-order valence-electron chi connectivity index (χ4n) is 1.84. The minimum absolute atomic E-state index is 0.105. The lowest BCUT2D eigenvalue weighted by molar-refractivity contribution is 0.0759. The standard InChI is InChI=1S/C12H10F2N2O2/c13-9-3-7(4-15)1-2-8(9)12(18)16-5-10(14)11(17)6-16/h1-3,10-11,17H,5-6H2/t10-,11-/m1/s1. The molecular weight excluding hydrogens is 242 g/mol. The summed E-state index contributed by atoms with van der Waals surface area (Å²) in [6, 6.07) is 5.21. The molecule has 2 atom stereocenters. The number of aliphatic hydroxyl groups is 1. The monoisotopic (exact) mass is 252 g/mol. The Kier molecular flexibility index (Phi) is 3.26. The second kappa shape index (κ2) is 4.70. The highest BCUT2D eigenvalue weighted by atomic mass is 19.1. The molecule has 0 unspecified atom stereocenters. The number of hydrogen-bond donors (Lipinski definition) is 1. The Morgan fingerprint density at radius 2 is 2.22 bits per heavy atom. The Morgan fingerprint density at radius 1 is 1.50 bits per heavy atom. The van der Waals surface area contributed by atoms with Crippen molar-refractivity contribution in [3.05, 3.63) is 35.1 Å². The van der Waals surface area contributed by atoms with Crippen LogP contribution < -0.4 is 0 Å². The van der Waals surface area contributed by atoms with Crippen LogP contribution in [0.2, 0.25) is 0 Å². The highest BCUT2D eigenvalue weighted by Crippen LogP contribution is 2.18. The van der Waals surface area contributed by atoms with Crippen LogP contribution in [-0.4, -0.2) is 41.3 Å². The summed E-state index contributed by atoms with van der Waals surface area (Å²) in [5.74, 6) is -1.51. The van der Waals surface area contributed by atoms with E-state index in [2.05, 4.69) is 0 Å². The molecule has 1 aromatic rings. The van der Waals surface area contributed by atoms with Gasteiger partial charge in [-0.25, -0.2) is 8.78 Å². The Bertz CT molecular complexity index is 517. The van der Waals surface area contributed by atoms with Crippen molar-refractivity contribution in [1.82, 2.24) is 4.90 Å². The van der Waals surface area contributed by atoms with Gasteiger partial charge in [-0.15, -0.1) is 0 Å². The van der Waals surface area contributed by atoms with Gasteiger partial charge in [0.05, 0.1) is 23.7 Å². The van der Waals surface area contributed by atoms with Crippen LogP contribution in [0.5, 0.6) is 0 Å². The average Bonchev–Trinajstić information content (AvgIpc) is 2.68. The van der Waals surface area contributed by atoms with E-state index in [1.54, 1.807) is 6.07 Å². The zero-order chi connectivity index (χ0) is 13.3. The van der Waals surface area contributed by atoms with Crippen LogP contribution in [0, 0.1) is 17.1 Å². The molecule has 1 heterocycles. The van der Waals surface area contributed by atoms with Gasteiger partial charge in [-0.1, -0.05) is 0 Å². The van der Waals surface area contributed by atoms with Gasteiger partial charge in [0.2, 0.25) is 0 Å². The van der Waals surface area contributed by atoms with Crippen LogP contribution in [-0.2, 0) is 0 Å². The number of benzene rings is 1. The number of rotatable bonds is 1. The summed E-state index contributed by atoms with van der Waals surface area (Å²) >= 11 is 0. The van der Waals surface area contributed by atoms with Gasteiger partial charge in [-0.05, 0) is 18.2 Å². The second-order valence-corrected chi connectivity index (χ2v) is 4.10. The van der Waals surface area contributed by atoms with Crippen molar-refractivity contribution < 1.29 is 18.7 Å². The van der Waals surface area contributed by atoms with Gasteiger partial charge in [-0.3, -0.25) is 4.79 Å². The lowest BCUT2D eigenvalue weighted by atomic mass is 10.1. The Morgan fingerprint density at radius 3 is 2.72 bits per heavy atom. The van der Waals surface area contributed by atoms with Crippen LogP contribution >= 0.6 is 0 Å². The number of nitrogens with zero attached hydrogens (tertiary/aromatic N) is 2. The summed E-state index contributed by atoms with van der Waals surface area (Å²) in [6.07, 6.45) is -2.73. The summed E-state index contributed by atoms with van der Waals surface area (Å²) in [5, 5.41) is 17.8. The highest BCUT2D eigenvalue weighted by molar-refractivity contribution is 5.94. The number of β-amino-alcohol motifs (C(OH)–C–C–N with tert-alkyl or cyclic N) is 1. The number of alkyl halides is 1. The first-order valence-electron chi connectivity index (χ1n) is 5.34. The molecule has 0 bridgehead atoms. The van der Waals surface area contributed by atoms with Crippen LogP contribution in [0.3, 0.4) is 0 Å². The van der Waals surface area contributed by atoms with Gasteiger partial charge < -0.3 is 10.0 Å². The summed E-state index contributed by atoms with van der Waals surface area (Å²) in [7, 11) is 0. The first-order chi connectivity index (χ1) is 8.52. The van der Waals surface area contributed by atoms with Crippen molar-refractivity contribution in [1.29, 1.82) is 5.26 Å². The third kappa shape index (κ3) is 2.17. The van der Waals surface area contributed by atoms with Crippen molar-refractivity contribution in [2.24, 2.45) is 0 Å². The van der Waals surface area contributed by atoms with Crippen molar-refractivity contribution in [2.45, 2.75) is 12.3 Å². The molecule has 94 valence electrons. The van der Waals surface area contributed by atoms with E-state index in [4.69, 9.17) is 5.26 Å². The molecule has 1 saturated heterocycles.